The quantitative estimate of drug-likeness (QED) is 0.680. The van der Waals surface area contributed by atoms with Gasteiger partial charge in [0, 0.05) is 24.5 Å². The van der Waals surface area contributed by atoms with Crippen molar-refractivity contribution in [1.82, 2.24) is 19.5 Å². The molecule has 8 nitrogen and oxygen atoms in total. The van der Waals surface area contributed by atoms with Gasteiger partial charge in [-0.1, -0.05) is 0 Å². The van der Waals surface area contributed by atoms with Crippen LogP contribution in [0.1, 0.15) is 18.7 Å². The summed E-state index contributed by atoms with van der Waals surface area (Å²) in [4.78, 5) is 25.4. The molecular weight excluding hydrogens is 401 g/mol. The van der Waals surface area contributed by atoms with E-state index in [4.69, 9.17) is 4.74 Å². The van der Waals surface area contributed by atoms with Crippen molar-refractivity contribution in [3.8, 4) is 5.69 Å². The monoisotopic (exact) mass is 416 g/mol. The lowest BCUT2D eigenvalue weighted by molar-refractivity contribution is 0.182. The average molecular weight is 416 g/mol. The van der Waals surface area contributed by atoms with Crippen LogP contribution in [0.3, 0.4) is 0 Å². The first kappa shape index (κ1) is 19.4. The number of cyclic esters (lactones) is 1. The minimum atomic E-state index is -0.739. The lowest BCUT2D eigenvalue weighted by Gasteiger charge is -2.15. The van der Waals surface area contributed by atoms with Gasteiger partial charge >= 0.3 is 6.09 Å². The Bertz CT molecular complexity index is 1130. The van der Waals surface area contributed by atoms with Crippen molar-refractivity contribution in [3.05, 3.63) is 72.3 Å². The number of imidazole rings is 1. The zero-order valence-corrected chi connectivity index (χ0v) is 15.6. The second-order valence-corrected chi connectivity index (χ2v) is 6.40. The van der Waals surface area contributed by atoms with Gasteiger partial charge < -0.3 is 14.6 Å². The molecule has 154 valence electrons. The summed E-state index contributed by atoms with van der Waals surface area (Å²) in [5.74, 6) is -1.08. The van der Waals surface area contributed by atoms with Gasteiger partial charge in [-0.3, -0.25) is 0 Å². The number of nitrogens with one attached hydrogen (secondary N) is 1. The summed E-state index contributed by atoms with van der Waals surface area (Å²) >= 11 is 0. The standard InChI is InChI=1S/C19H15F3N6O2/c1-11(15-8-27(10-24-15)16-3-2-12(21)6-14(16)22)25-18-23-5-4-17(26-18)28-13(7-20)9-30-19(28)29/h2-8,10-11H,9H2,1H3,(H,23,25,26)/b13-7-/t11-/m0/s1. The molecule has 0 spiro atoms. The Morgan fingerprint density at radius 2 is 2.10 bits per heavy atom. The van der Waals surface area contributed by atoms with Crippen molar-refractivity contribution in [2.45, 2.75) is 13.0 Å². The van der Waals surface area contributed by atoms with Gasteiger partial charge in [0.1, 0.15) is 30.4 Å². The number of hydrogen-bond acceptors (Lipinski definition) is 6. The number of halogens is 3. The summed E-state index contributed by atoms with van der Waals surface area (Å²) in [6.07, 6.45) is 3.94. The molecule has 0 saturated carbocycles. The van der Waals surface area contributed by atoms with E-state index in [-0.39, 0.29) is 36.1 Å². The third-order valence-corrected chi connectivity index (χ3v) is 4.39. The molecule has 11 heteroatoms. The van der Waals surface area contributed by atoms with E-state index < -0.39 is 23.8 Å². The van der Waals surface area contributed by atoms with E-state index in [0.29, 0.717) is 5.69 Å². The molecule has 1 fully saturated rings. The molecule has 1 N–H and O–H groups in total. The fourth-order valence-electron chi connectivity index (χ4n) is 2.90. The molecule has 3 heterocycles. The number of nitrogens with zero attached hydrogens (tertiary/aromatic N) is 5. The fourth-order valence-corrected chi connectivity index (χ4v) is 2.90. The Morgan fingerprint density at radius 1 is 1.27 bits per heavy atom. The molecule has 30 heavy (non-hydrogen) atoms. The van der Waals surface area contributed by atoms with Crippen molar-refractivity contribution in [2.24, 2.45) is 0 Å². The SMILES string of the molecule is C[C@H](Nc1nccc(N2C(=O)OC/C2=C/F)n1)c1cn(-c2ccc(F)cc2F)cn1. The maximum absolute atomic E-state index is 14.0. The fraction of sp³-hybridized carbons (Fsp3) is 0.158. The molecule has 1 saturated heterocycles. The van der Waals surface area contributed by atoms with Crippen LogP contribution in [0, 0.1) is 11.6 Å². The van der Waals surface area contributed by atoms with E-state index in [2.05, 4.69) is 20.3 Å². The highest BCUT2D eigenvalue weighted by Gasteiger charge is 2.31. The van der Waals surface area contributed by atoms with Gasteiger partial charge in [-0.05, 0) is 19.1 Å². The molecule has 0 bridgehead atoms. The van der Waals surface area contributed by atoms with Crippen LogP contribution in [0.25, 0.3) is 5.69 Å². The predicted molar refractivity (Wildman–Crippen MR) is 101 cm³/mol. The number of ether oxygens (including phenoxy) is 1. The summed E-state index contributed by atoms with van der Waals surface area (Å²) < 4.78 is 46.3. The maximum Gasteiger partial charge on any atom is 0.420 e. The third-order valence-electron chi connectivity index (χ3n) is 4.39. The zero-order valence-electron chi connectivity index (χ0n) is 15.6. The van der Waals surface area contributed by atoms with Gasteiger partial charge in [0.15, 0.2) is 0 Å². The summed E-state index contributed by atoms with van der Waals surface area (Å²) in [6.45, 7) is 1.59. The zero-order chi connectivity index (χ0) is 21.3. The van der Waals surface area contributed by atoms with Crippen molar-refractivity contribution < 1.29 is 22.7 Å². The smallest absolute Gasteiger partial charge is 0.420 e. The van der Waals surface area contributed by atoms with Crippen molar-refractivity contribution in [1.29, 1.82) is 0 Å². The highest BCUT2D eigenvalue weighted by molar-refractivity contribution is 5.92. The van der Waals surface area contributed by atoms with Crippen LogP contribution in [0.15, 0.2) is 55.0 Å². The highest BCUT2D eigenvalue weighted by Crippen LogP contribution is 2.25. The van der Waals surface area contributed by atoms with Gasteiger partial charge in [-0.15, -0.1) is 0 Å². The molecule has 4 rings (SSSR count). The van der Waals surface area contributed by atoms with Gasteiger partial charge in [0.25, 0.3) is 0 Å². The van der Waals surface area contributed by atoms with Crippen LogP contribution < -0.4 is 10.2 Å². The Hall–Kier alpha value is -3.89. The Balaban J connectivity index is 1.53. The van der Waals surface area contributed by atoms with E-state index >= 15 is 0 Å². The van der Waals surface area contributed by atoms with Crippen molar-refractivity contribution in [3.63, 3.8) is 0 Å². The lowest BCUT2D eigenvalue weighted by Crippen LogP contribution is -2.23. The molecule has 0 aliphatic carbocycles. The van der Waals surface area contributed by atoms with E-state index in [9.17, 15) is 18.0 Å². The molecule has 3 aromatic rings. The Morgan fingerprint density at radius 3 is 2.87 bits per heavy atom. The molecule has 1 aromatic carbocycles. The van der Waals surface area contributed by atoms with Gasteiger partial charge in [0.05, 0.1) is 29.4 Å². The Labute approximate surface area is 168 Å². The summed E-state index contributed by atoms with van der Waals surface area (Å²) in [5.41, 5.74) is 0.717. The van der Waals surface area contributed by atoms with Gasteiger partial charge in [-0.2, -0.15) is 4.98 Å². The topological polar surface area (TPSA) is 85.2 Å². The number of hydrogen-bond donors (Lipinski definition) is 1. The first-order valence-corrected chi connectivity index (χ1v) is 8.81. The molecule has 0 radical (unpaired) electrons. The third kappa shape index (κ3) is 3.69. The van der Waals surface area contributed by atoms with Crippen LogP contribution >= 0.6 is 0 Å². The number of benzene rings is 1. The van der Waals surface area contributed by atoms with Crippen LogP contribution in [0.2, 0.25) is 0 Å². The maximum atomic E-state index is 14.0. The van der Waals surface area contributed by atoms with Crippen molar-refractivity contribution >= 4 is 17.9 Å². The molecular formula is C19H15F3N6O2. The minimum Gasteiger partial charge on any atom is -0.442 e. The lowest BCUT2D eigenvalue weighted by atomic mass is 10.2. The first-order chi connectivity index (χ1) is 14.5. The summed E-state index contributed by atoms with van der Waals surface area (Å²) in [5, 5.41) is 3.01. The number of rotatable bonds is 5. The van der Waals surface area contributed by atoms with E-state index in [1.165, 1.54) is 29.2 Å². The second kappa shape index (κ2) is 7.85. The minimum absolute atomic E-state index is 0.0257. The van der Waals surface area contributed by atoms with Crippen LogP contribution in [0.4, 0.5) is 29.7 Å². The molecule has 0 unspecified atom stereocenters. The van der Waals surface area contributed by atoms with Crippen molar-refractivity contribution in [2.75, 3.05) is 16.8 Å². The van der Waals surface area contributed by atoms with Crippen LogP contribution in [0.5, 0.6) is 0 Å². The number of carbonyl (C=O) groups is 1. The second-order valence-electron chi connectivity index (χ2n) is 6.40. The average Bonchev–Trinajstić information content (AvgIpc) is 3.35. The summed E-state index contributed by atoms with van der Waals surface area (Å²) in [7, 11) is 0. The number of aromatic nitrogens is 4. The van der Waals surface area contributed by atoms with Crippen LogP contribution in [-0.4, -0.2) is 32.2 Å². The highest BCUT2D eigenvalue weighted by atomic mass is 19.1. The normalized spacial score (nSPS) is 16.1. The molecule has 1 atom stereocenters. The van der Waals surface area contributed by atoms with Crippen LogP contribution in [-0.2, 0) is 4.74 Å². The van der Waals surface area contributed by atoms with E-state index in [1.807, 2.05) is 0 Å². The van der Waals surface area contributed by atoms with Gasteiger partial charge in [-0.25, -0.2) is 32.8 Å². The number of carbonyl (C=O) groups excluding carboxylic acids is 1. The molecule has 1 aliphatic heterocycles. The molecule has 1 aliphatic rings. The summed E-state index contributed by atoms with van der Waals surface area (Å²) in [6, 6.07) is 4.30. The first-order valence-electron chi connectivity index (χ1n) is 8.81. The van der Waals surface area contributed by atoms with E-state index in [1.54, 1.807) is 13.1 Å². The molecule has 2 aromatic heterocycles. The Kier molecular flexibility index (Phi) is 5.09. The largest absolute Gasteiger partial charge is 0.442 e. The number of anilines is 2. The number of amides is 1. The molecule has 1 amide bonds. The van der Waals surface area contributed by atoms with Gasteiger partial charge in [0.2, 0.25) is 5.95 Å². The van der Waals surface area contributed by atoms with E-state index in [0.717, 1.165) is 17.0 Å². The predicted octanol–water partition coefficient (Wildman–Crippen LogP) is 3.88.